The van der Waals surface area contributed by atoms with Crippen LogP contribution in [0.25, 0.3) is 5.69 Å². The fourth-order valence-electron chi connectivity index (χ4n) is 3.48. The number of aromatic nitrogens is 2. The molecule has 0 aliphatic rings. The zero-order valence-electron chi connectivity index (χ0n) is 20.6. The molecule has 2 amide bonds. The highest BCUT2D eigenvalue weighted by atomic mass is 19.1. The van der Waals surface area contributed by atoms with Gasteiger partial charge in [0.2, 0.25) is 5.91 Å². The number of hydrogen-bond donors (Lipinski definition) is 1. The molecule has 2 aromatic carbocycles. The molecule has 0 aliphatic heterocycles. The first-order valence-corrected chi connectivity index (χ1v) is 11.6. The lowest BCUT2D eigenvalue weighted by molar-refractivity contribution is -0.117. The molecule has 0 unspecified atom stereocenters. The van der Waals surface area contributed by atoms with Gasteiger partial charge in [0.25, 0.3) is 5.91 Å². The van der Waals surface area contributed by atoms with Gasteiger partial charge >= 0.3 is 0 Å². The van der Waals surface area contributed by atoms with E-state index in [-0.39, 0.29) is 29.3 Å². The van der Waals surface area contributed by atoms with Crippen molar-refractivity contribution in [2.24, 2.45) is 0 Å². The summed E-state index contributed by atoms with van der Waals surface area (Å²) in [6.07, 6.45) is 1.60. The number of aryl methyl sites for hydroxylation is 1. The maximum Gasteiger partial charge on any atom is 0.254 e. The smallest absolute Gasteiger partial charge is 0.254 e. The Labute approximate surface area is 200 Å². The number of nitrogens with one attached hydrogen (secondary N) is 1. The van der Waals surface area contributed by atoms with E-state index < -0.39 is 5.82 Å². The second-order valence-corrected chi connectivity index (χ2v) is 9.55. The van der Waals surface area contributed by atoms with Crippen molar-refractivity contribution >= 4 is 17.6 Å². The van der Waals surface area contributed by atoms with Crippen molar-refractivity contribution in [1.82, 2.24) is 14.7 Å². The lowest BCUT2D eigenvalue weighted by Gasteiger charge is -2.22. The van der Waals surface area contributed by atoms with Crippen LogP contribution < -0.4 is 5.32 Å². The second-order valence-electron chi connectivity index (χ2n) is 9.55. The fraction of sp³-hybridized carbons (Fsp3) is 0.370. The van der Waals surface area contributed by atoms with Gasteiger partial charge in [-0.15, -0.1) is 0 Å². The van der Waals surface area contributed by atoms with Crippen LogP contribution in [-0.4, -0.2) is 39.6 Å². The van der Waals surface area contributed by atoms with E-state index in [9.17, 15) is 14.0 Å². The molecule has 6 nitrogen and oxygen atoms in total. The van der Waals surface area contributed by atoms with Crippen molar-refractivity contribution in [2.45, 2.75) is 52.9 Å². The molecule has 0 saturated heterocycles. The molecular weight excluding hydrogens is 431 g/mol. The number of nitrogens with zero attached hydrogens (tertiary/aromatic N) is 3. The molecule has 1 N–H and O–H groups in total. The van der Waals surface area contributed by atoms with Gasteiger partial charge in [0.05, 0.1) is 11.4 Å². The maximum atomic E-state index is 13.7. The monoisotopic (exact) mass is 464 g/mol. The Morgan fingerprint density at radius 3 is 2.41 bits per heavy atom. The van der Waals surface area contributed by atoms with Crippen LogP contribution in [0.3, 0.4) is 0 Å². The first-order chi connectivity index (χ1) is 16.1. The molecule has 7 heteroatoms. The molecule has 180 valence electrons. The second kappa shape index (κ2) is 10.6. The zero-order valence-corrected chi connectivity index (χ0v) is 20.6. The van der Waals surface area contributed by atoms with E-state index in [0.29, 0.717) is 12.4 Å². The lowest BCUT2D eigenvalue weighted by atomic mass is 9.92. The standard InChI is InChI=1S/C27H33FN4O2/c1-6-7-15-31(26(34)20-9-8-10-21(28)16-20)18-25(33)29-24-17-23(27(3,4)5)30-32(24)22-13-11-19(2)12-14-22/h8-14,16-17H,6-7,15,18H2,1-5H3,(H,29,33). The molecule has 0 saturated carbocycles. The lowest BCUT2D eigenvalue weighted by Crippen LogP contribution is -2.39. The minimum absolute atomic E-state index is 0.140. The molecule has 0 spiro atoms. The predicted molar refractivity (Wildman–Crippen MR) is 133 cm³/mol. The largest absolute Gasteiger partial charge is 0.329 e. The molecule has 0 radical (unpaired) electrons. The Bertz CT molecular complexity index is 1150. The van der Waals surface area contributed by atoms with Gasteiger partial charge in [0, 0.05) is 23.6 Å². The van der Waals surface area contributed by atoms with Crippen molar-refractivity contribution in [3.63, 3.8) is 0 Å². The van der Waals surface area contributed by atoms with Gasteiger partial charge < -0.3 is 10.2 Å². The Kier molecular flexibility index (Phi) is 7.87. The maximum absolute atomic E-state index is 13.7. The molecule has 0 aliphatic carbocycles. The van der Waals surface area contributed by atoms with Gasteiger partial charge in [-0.1, -0.05) is 57.9 Å². The van der Waals surface area contributed by atoms with Crippen LogP contribution >= 0.6 is 0 Å². The molecule has 1 aromatic heterocycles. The van der Waals surface area contributed by atoms with Crippen molar-refractivity contribution in [3.05, 3.63) is 77.2 Å². The highest BCUT2D eigenvalue weighted by Gasteiger charge is 2.23. The van der Waals surface area contributed by atoms with Crippen LogP contribution in [0, 0.1) is 12.7 Å². The van der Waals surface area contributed by atoms with Crippen LogP contribution in [-0.2, 0) is 10.2 Å². The number of halogens is 1. The van der Waals surface area contributed by atoms with Gasteiger partial charge in [-0.05, 0) is 43.7 Å². The molecule has 0 fully saturated rings. The van der Waals surface area contributed by atoms with Crippen LogP contribution in [0.5, 0.6) is 0 Å². The number of amides is 2. The molecule has 0 bridgehead atoms. The third-order valence-electron chi connectivity index (χ3n) is 5.50. The van der Waals surface area contributed by atoms with Gasteiger partial charge in [0.1, 0.15) is 18.2 Å². The minimum atomic E-state index is -0.484. The Hall–Kier alpha value is -3.48. The first kappa shape index (κ1) is 25.1. The number of benzene rings is 2. The summed E-state index contributed by atoms with van der Waals surface area (Å²) in [4.78, 5) is 27.5. The van der Waals surface area contributed by atoms with E-state index in [0.717, 1.165) is 29.8 Å². The number of rotatable bonds is 8. The molecule has 3 rings (SSSR count). The SMILES string of the molecule is CCCCN(CC(=O)Nc1cc(C(C)(C)C)nn1-c1ccc(C)cc1)C(=O)c1cccc(F)c1. The van der Waals surface area contributed by atoms with Gasteiger partial charge in [-0.25, -0.2) is 9.07 Å². The summed E-state index contributed by atoms with van der Waals surface area (Å²) in [6.45, 7) is 10.5. The van der Waals surface area contributed by atoms with E-state index in [4.69, 9.17) is 5.10 Å². The van der Waals surface area contributed by atoms with Crippen molar-refractivity contribution in [3.8, 4) is 5.69 Å². The fourth-order valence-corrected chi connectivity index (χ4v) is 3.48. The Morgan fingerprint density at radius 1 is 1.09 bits per heavy atom. The molecule has 1 heterocycles. The van der Waals surface area contributed by atoms with Crippen molar-refractivity contribution < 1.29 is 14.0 Å². The van der Waals surface area contributed by atoms with Crippen LogP contribution in [0.1, 0.15) is 62.2 Å². The van der Waals surface area contributed by atoms with E-state index in [1.165, 1.54) is 23.1 Å². The summed E-state index contributed by atoms with van der Waals surface area (Å²) in [7, 11) is 0. The molecule has 0 atom stereocenters. The summed E-state index contributed by atoms with van der Waals surface area (Å²) in [5.41, 5.74) is 2.80. The summed E-state index contributed by atoms with van der Waals surface area (Å²) >= 11 is 0. The van der Waals surface area contributed by atoms with Gasteiger partial charge in [-0.3, -0.25) is 9.59 Å². The number of carbonyl (C=O) groups is 2. The quantitative estimate of drug-likeness (QED) is 0.479. The van der Waals surface area contributed by atoms with E-state index >= 15 is 0 Å². The van der Waals surface area contributed by atoms with Gasteiger partial charge in [0.15, 0.2) is 0 Å². The van der Waals surface area contributed by atoms with Gasteiger partial charge in [-0.2, -0.15) is 5.10 Å². The summed E-state index contributed by atoms with van der Waals surface area (Å²) in [5, 5.41) is 7.67. The van der Waals surface area contributed by atoms with Crippen LogP contribution in [0.15, 0.2) is 54.6 Å². The minimum Gasteiger partial charge on any atom is -0.329 e. The molecular formula is C27H33FN4O2. The van der Waals surface area contributed by atoms with E-state index in [1.54, 1.807) is 10.7 Å². The van der Waals surface area contributed by atoms with Crippen molar-refractivity contribution in [1.29, 1.82) is 0 Å². The normalized spacial score (nSPS) is 11.4. The highest BCUT2D eigenvalue weighted by molar-refractivity contribution is 5.99. The number of anilines is 1. The average molecular weight is 465 g/mol. The number of carbonyl (C=O) groups excluding carboxylic acids is 2. The van der Waals surface area contributed by atoms with Crippen molar-refractivity contribution in [2.75, 3.05) is 18.4 Å². The van der Waals surface area contributed by atoms with E-state index in [1.807, 2.05) is 44.2 Å². The van der Waals surface area contributed by atoms with E-state index in [2.05, 4.69) is 26.1 Å². The number of unbranched alkanes of at least 4 members (excludes halogenated alkanes) is 1. The summed E-state index contributed by atoms with van der Waals surface area (Å²) < 4.78 is 15.4. The Morgan fingerprint density at radius 2 is 1.79 bits per heavy atom. The summed E-state index contributed by atoms with van der Waals surface area (Å²) in [6, 6.07) is 15.3. The summed E-state index contributed by atoms with van der Waals surface area (Å²) in [5.74, 6) is -0.657. The third-order valence-corrected chi connectivity index (χ3v) is 5.50. The third kappa shape index (κ3) is 6.31. The molecule has 3 aromatic rings. The molecule has 34 heavy (non-hydrogen) atoms. The van der Waals surface area contributed by atoms with Crippen LogP contribution in [0.4, 0.5) is 10.2 Å². The Balaban J connectivity index is 1.85. The average Bonchev–Trinajstić information content (AvgIpc) is 3.21. The predicted octanol–water partition coefficient (Wildman–Crippen LogP) is 5.50. The number of hydrogen-bond acceptors (Lipinski definition) is 3. The highest BCUT2D eigenvalue weighted by Crippen LogP contribution is 2.26. The topological polar surface area (TPSA) is 67.2 Å². The zero-order chi connectivity index (χ0) is 24.9. The first-order valence-electron chi connectivity index (χ1n) is 11.6. The van der Waals surface area contributed by atoms with Crippen LogP contribution in [0.2, 0.25) is 0 Å².